The van der Waals surface area contributed by atoms with E-state index in [4.69, 9.17) is 4.99 Å². The fraction of sp³-hybridized carbons (Fsp3) is 0.550. The van der Waals surface area contributed by atoms with Crippen LogP contribution in [0.5, 0.6) is 0 Å². The van der Waals surface area contributed by atoms with Gasteiger partial charge in [0.2, 0.25) is 0 Å². The molecule has 2 N–H and O–H groups in total. The van der Waals surface area contributed by atoms with Gasteiger partial charge in [0.15, 0.2) is 5.96 Å². The molecule has 10 heteroatoms. The summed E-state index contributed by atoms with van der Waals surface area (Å²) < 4.78 is 15.0. The van der Waals surface area contributed by atoms with Gasteiger partial charge in [0.1, 0.15) is 18.0 Å². The molecule has 0 fully saturated rings. The summed E-state index contributed by atoms with van der Waals surface area (Å²) in [6, 6.07) is 6.64. The van der Waals surface area contributed by atoms with E-state index in [2.05, 4.69) is 38.6 Å². The molecule has 1 heterocycles. The average Bonchev–Trinajstić information content (AvgIpc) is 3.19. The molecule has 0 saturated heterocycles. The van der Waals surface area contributed by atoms with E-state index in [0.29, 0.717) is 0 Å². The smallest absolute Gasteiger partial charge is 0.191 e. The van der Waals surface area contributed by atoms with E-state index in [9.17, 15) is 4.39 Å². The predicted octanol–water partition coefficient (Wildman–Crippen LogP) is 4.07. The molecule has 0 aliphatic carbocycles. The van der Waals surface area contributed by atoms with Crippen molar-refractivity contribution in [3.8, 4) is 0 Å². The highest BCUT2D eigenvalue weighted by atomic mass is 127. The molecule has 168 valence electrons. The molecular formula is C20H32FIN6S2. The highest BCUT2D eigenvalue weighted by Gasteiger charge is 2.03. The van der Waals surface area contributed by atoms with Crippen molar-refractivity contribution in [2.24, 2.45) is 4.99 Å². The summed E-state index contributed by atoms with van der Waals surface area (Å²) in [6.45, 7) is 5.31. The van der Waals surface area contributed by atoms with Crippen LogP contribution in [-0.4, -0.2) is 58.1 Å². The molecule has 1 aromatic heterocycles. The molecule has 0 spiro atoms. The number of rotatable bonds is 13. The lowest BCUT2D eigenvalue weighted by Crippen LogP contribution is -2.39. The normalized spacial score (nSPS) is 11.2. The van der Waals surface area contributed by atoms with Crippen molar-refractivity contribution in [3.05, 3.63) is 42.2 Å². The van der Waals surface area contributed by atoms with Gasteiger partial charge >= 0.3 is 0 Å². The Morgan fingerprint density at radius 2 is 1.90 bits per heavy atom. The minimum Gasteiger partial charge on any atom is -0.356 e. The van der Waals surface area contributed by atoms with Crippen LogP contribution >= 0.6 is 47.5 Å². The molecule has 6 nitrogen and oxygen atoms in total. The molecular weight excluding hydrogens is 534 g/mol. The highest BCUT2D eigenvalue weighted by molar-refractivity contribution is 14.0. The first kappa shape index (κ1) is 27.0. The fourth-order valence-electron chi connectivity index (χ4n) is 2.61. The van der Waals surface area contributed by atoms with Gasteiger partial charge in [0.25, 0.3) is 0 Å². The van der Waals surface area contributed by atoms with Crippen LogP contribution in [0.1, 0.15) is 25.6 Å². The van der Waals surface area contributed by atoms with E-state index in [1.54, 1.807) is 18.1 Å². The van der Waals surface area contributed by atoms with E-state index >= 15 is 0 Å². The second kappa shape index (κ2) is 16.7. The van der Waals surface area contributed by atoms with E-state index in [1.807, 2.05) is 23.9 Å². The minimum atomic E-state index is -0.195. The van der Waals surface area contributed by atoms with Crippen LogP contribution in [0.4, 0.5) is 4.39 Å². The Morgan fingerprint density at radius 3 is 2.63 bits per heavy atom. The Labute approximate surface area is 204 Å². The first-order valence-corrected chi connectivity index (χ1v) is 12.4. The SMILES string of the molecule is CCc1nncn1CCNC(=NCCCSc1ccc(F)cc1)NCCCSC.I. The number of nitrogens with one attached hydrogen (secondary N) is 2. The Balaban J connectivity index is 0.00000450. The summed E-state index contributed by atoms with van der Waals surface area (Å²) in [5, 5.41) is 14.9. The second-order valence-corrected chi connectivity index (χ2v) is 8.53. The number of aryl methyl sites for hydroxylation is 1. The maximum absolute atomic E-state index is 13.0. The summed E-state index contributed by atoms with van der Waals surface area (Å²) in [5.41, 5.74) is 0. The quantitative estimate of drug-likeness (QED) is 0.125. The molecule has 30 heavy (non-hydrogen) atoms. The van der Waals surface area contributed by atoms with Gasteiger partial charge in [0.05, 0.1) is 0 Å². The number of halogens is 2. The number of benzene rings is 1. The molecule has 2 rings (SSSR count). The maximum atomic E-state index is 13.0. The number of aromatic nitrogens is 3. The average molecular weight is 567 g/mol. The summed E-state index contributed by atoms with van der Waals surface area (Å²) in [6.07, 6.45) is 6.84. The van der Waals surface area contributed by atoms with Gasteiger partial charge in [-0.3, -0.25) is 4.99 Å². The van der Waals surface area contributed by atoms with Crippen LogP contribution in [0.2, 0.25) is 0 Å². The molecule has 2 aromatic rings. The lowest BCUT2D eigenvalue weighted by molar-refractivity contribution is 0.626. The Kier molecular flexibility index (Phi) is 15.0. The van der Waals surface area contributed by atoms with Crippen molar-refractivity contribution in [3.63, 3.8) is 0 Å². The molecule has 0 radical (unpaired) electrons. The van der Waals surface area contributed by atoms with Gasteiger partial charge in [-0.25, -0.2) is 4.39 Å². The third kappa shape index (κ3) is 10.9. The van der Waals surface area contributed by atoms with Crippen molar-refractivity contribution in [2.75, 3.05) is 37.4 Å². The van der Waals surface area contributed by atoms with Crippen molar-refractivity contribution in [1.29, 1.82) is 0 Å². The number of guanidine groups is 1. The largest absolute Gasteiger partial charge is 0.356 e. The molecule has 0 atom stereocenters. The van der Waals surface area contributed by atoms with Gasteiger partial charge in [-0.15, -0.1) is 45.9 Å². The Bertz CT molecular complexity index is 726. The number of hydrogen-bond acceptors (Lipinski definition) is 5. The number of nitrogens with zero attached hydrogens (tertiary/aromatic N) is 4. The summed E-state index contributed by atoms with van der Waals surface area (Å²) in [7, 11) is 0. The highest BCUT2D eigenvalue weighted by Crippen LogP contribution is 2.18. The zero-order valence-corrected chi connectivity index (χ0v) is 21.6. The van der Waals surface area contributed by atoms with Crippen LogP contribution in [0, 0.1) is 5.82 Å². The van der Waals surface area contributed by atoms with Gasteiger partial charge in [0, 0.05) is 37.5 Å². The van der Waals surface area contributed by atoms with Gasteiger partial charge in [-0.05, 0) is 54.9 Å². The third-order valence-corrected chi connectivity index (χ3v) is 5.92. The van der Waals surface area contributed by atoms with Crippen LogP contribution < -0.4 is 10.6 Å². The molecule has 0 unspecified atom stereocenters. The molecule has 0 aliphatic rings. The monoisotopic (exact) mass is 566 g/mol. The van der Waals surface area contributed by atoms with Crippen molar-refractivity contribution >= 4 is 53.5 Å². The third-order valence-electron chi connectivity index (χ3n) is 4.13. The maximum Gasteiger partial charge on any atom is 0.191 e. The first-order valence-electron chi connectivity index (χ1n) is 9.99. The van der Waals surface area contributed by atoms with Crippen LogP contribution in [0.15, 0.2) is 40.5 Å². The van der Waals surface area contributed by atoms with E-state index in [-0.39, 0.29) is 29.8 Å². The Hall–Kier alpha value is -1.01. The second-order valence-electron chi connectivity index (χ2n) is 6.38. The lowest BCUT2D eigenvalue weighted by atomic mass is 10.4. The van der Waals surface area contributed by atoms with Crippen molar-refractivity contribution in [2.45, 2.75) is 37.6 Å². The van der Waals surface area contributed by atoms with Crippen LogP contribution in [-0.2, 0) is 13.0 Å². The summed E-state index contributed by atoms with van der Waals surface area (Å²) in [4.78, 5) is 5.79. The topological polar surface area (TPSA) is 67.1 Å². The molecule has 0 bridgehead atoms. The van der Waals surface area contributed by atoms with Crippen molar-refractivity contribution < 1.29 is 4.39 Å². The zero-order chi connectivity index (χ0) is 20.7. The lowest BCUT2D eigenvalue weighted by Gasteiger charge is -2.13. The van der Waals surface area contributed by atoms with Gasteiger partial charge in [-0.1, -0.05) is 6.92 Å². The molecule has 0 saturated carbocycles. The molecule has 0 aliphatic heterocycles. The molecule has 0 amide bonds. The predicted molar refractivity (Wildman–Crippen MR) is 138 cm³/mol. The summed E-state index contributed by atoms with van der Waals surface area (Å²) >= 11 is 3.58. The number of thioether (sulfide) groups is 2. The number of hydrogen-bond donors (Lipinski definition) is 2. The van der Waals surface area contributed by atoms with Gasteiger partial charge < -0.3 is 15.2 Å². The number of aliphatic imine (C=N–C) groups is 1. The van der Waals surface area contributed by atoms with Crippen LogP contribution in [0.25, 0.3) is 0 Å². The van der Waals surface area contributed by atoms with E-state index in [0.717, 1.165) is 73.6 Å². The summed E-state index contributed by atoms with van der Waals surface area (Å²) in [5.74, 6) is 3.74. The van der Waals surface area contributed by atoms with E-state index in [1.165, 1.54) is 12.1 Å². The standard InChI is InChI=1S/C20H31FN6S2.HI/c1-3-19-26-25-16-27(19)13-12-24-20(22-10-4-14-28-2)23-11-5-15-29-18-8-6-17(21)7-9-18;/h6-9,16H,3-5,10-15H2,1-2H3,(H2,22,23,24);1H. The first-order chi connectivity index (χ1) is 14.2. The Morgan fingerprint density at radius 1 is 1.13 bits per heavy atom. The van der Waals surface area contributed by atoms with Gasteiger partial charge in [-0.2, -0.15) is 11.8 Å². The van der Waals surface area contributed by atoms with Crippen LogP contribution in [0.3, 0.4) is 0 Å². The zero-order valence-electron chi connectivity index (χ0n) is 17.6. The van der Waals surface area contributed by atoms with E-state index < -0.39 is 0 Å². The fourth-order valence-corrected chi connectivity index (χ4v) is 3.88. The molecule has 1 aromatic carbocycles. The van der Waals surface area contributed by atoms with Crippen molar-refractivity contribution in [1.82, 2.24) is 25.4 Å². The minimum absolute atomic E-state index is 0.